The molecule has 1 heterocycles. The zero-order chi connectivity index (χ0) is 16.2. The van der Waals surface area contributed by atoms with E-state index in [4.69, 9.17) is 16.3 Å². The van der Waals surface area contributed by atoms with Crippen LogP contribution in [0.5, 0.6) is 0 Å². The molecule has 2 atom stereocenters. The molecule has 120 valence electrons. The molecule has 0 saturated heterocycles. The normalized spacial score (nSPS) is 17.2. The van der Waals surface area contributed by atoms with Gasteiger partial charge in [-0.2, -0.15) is 0 Å². The molecule has 3 nitrogen and oxygen atoms in total. The fraction of sp³-hybridized carbons (Fsp3) is 0.316. The summed E-state index contributed by atoms with van der Waals surface area (Å²) < 4.78 is 5.31. The highest BCUT2D eigenvalue weighted by molar-refractivity contribution is 6.30. The van der Waals surface area contributed by atoms with E-state index >= 15 is 0 Å². The predicted octanol–water partition coefficient (Wildman–Crippen LogP) is 4.10. The van der Waals surface area contributed by atoms with Gasteiger partial charge in [-0.3, -0.25) is 4.79 Å². The van der Waals surface area contributed by atoms with E-state index in [1.54, 1.807) is 0 Å². The third-order valence-electron chi connectivity index (χ3n) is 4.24. The molecule has 0 spiro atoms. The average molecular weight is 330 g/mol. The molecule has 0 radical (unpaired) electrons. The number of carbonyl (C=O) groups excluding carboxylic acids is 1. The number of benzene rings is 2. The Bertz CT molecular complexity index is 659. The molecule has 1 aliphatic heterocycles. The number of nitrogens with one attached hydrogen (secondary N) is 1. The summed E-state index contributed by atoms with van der Waals surface area (Å²) in [6.45, 7) is 2.24. The second kappa shape index (κ2) is 7.05. The third-order valence-corrected chi connectivity index (χ3v) is 4.49. The molecule has 1 aliphatic rings. The summed E-state index contributed by atoms with van der Waals surface area (Å²) in [7, 11) is 0. The summed E-state index contributed by atoms with van der Waals surface area (Å²) in [5.74, 6) is -0.365. The molecule has 2 unspecified atom stereocenters. The molecule has 2 aromatic rings. The van der Waals surface area contributed by atoms with Crippen LogP contribution in [0.1, 0.15) is 18.1 Å². The molecule has 0 fully saturated rings. The number of halogens is 1. The molecule has 2 aromatic carbocycles. The van der Waals surface area contributed by atoms with Gasteiger partial charge < -0.3 is 10.1 Å². The quantitative estimate of drug-likeness (QED) is 0.839. The molecule has 1 N–H and O–H groups in total. The predicted molar refractivity (Wildman–Crippen MR) is 92.8 cm³/mol. The minimum absolute atomic E-state index is 0.0575. The summed E-state index contributed by atoms with van der Waals surface area (Å²) in [5, 5.41) is 4.18. The van der Waals surface area contributed by atoms with Gasteiger partial charge in [-0.05, 0) is 49.1 Å². The highest BCUT2D eigenvalue weighted by Crippen LogP contribution is 2.31. The first-order valence-corrected chi connectivity index (χ1v) is 8.30. The fourth-order valence-electron chi connectivity index (χ4n) is 3.08. The van der Waals surface area contributed by atoms with Crippen molar-refractivity contribution in [3.05, 3.63) is 64.7 Å². The summed E-state index contributed by atoms with van der Waals surface area (Å²) >= 11 is 5.94. The highest BCUT2D eigenvalue weighted by atomic mass is 35.5. The lowest BCUT2D eigenvalue weighted by Crippen LogP contribution is -2.36. The Labute approximate surface area is 141 Å². The van der Waals surface area contributed by atoms with Crippen LogP contribution in [0.4, 0.5) is 5.69 Å². The number of ether oxygens (including phenoxy) is 1. The van der Waals surface area contributed by atoms with Crippen LogP contribution in [0.3, 0.4) is 0 Å². The third kappa shape index (κ3) is 3.67. The Morgan fingerprint density at radius 3 is 2.70 bits per heavy atom. The van der Waals surface area contributed by atoms with Crippen molar-refractivity contribution in [1.29, 1.82) is 0 Å². The zero-order valence-corrected chi connectivity index (χ0v) is 13.8. The SMILES string of the molecule is CCOC(=O)C(Cc1ccc(Cl)cc1)C1Cc2ccccc2N1. The van der Waals surface area contributed by atoms with Crippen LogP contribution in [-0.2, 0) is 22.4 Å². The molecule has 0 amide bonds. The topological polar surface area (TPSA) is 38.3 Å². The summed E-state index contributed by atoms with van der Waals surface area (Å²) in [6, 6.07) is 15.9. The average Bonchev–Trinajstić information content (AvgIpc) is 2.98. The lowest BCUT2D eigenvalue weighted by Gasteiger charge is -2.22. The van der Waals surface area contributed by atoms with Crippen molar-refractivity contribution in [2.24, 2.45) is 5.92 Å². The number of esters is 1. The maximum absolute atomic E-state index is 12.5. The van der Waals surface area contributed by atoms with Gasteiger partial charge in [0.15, 0.2) is 0 Å². The molecule has 0 bridgehead atoms. The van der Waals surface area contributed by atoms with Gasteiger partial charge in [-0.1, -0.05) is 41.9 Å². The van der Waals surface area contributed by atoms with Gasteiger partial charge in [-0.25, -0.2) is 0 Å². The van der Waals surface area contributed by atoms with Crippen molar-refractivity contribution in [2.45, 2.75) is 25.8 Å². The Hall–Kier alpha value is -2.00. The van der Waals surface area contributed by atoms with Gasteiger partial charge >= 0.3 is 5.97 Å². The molecule has 23 heavy (non-hydrogen) atoms. The Morgan fingerprint density at radius 1 is 1.26 bits per heavy atom. The number of hydrogen-bond acceptors (Lipinski definition) is 3. The second-order valence-electron chi connectivity index (χ2n) is 5.80. The molecule has 0 aromatic heterocycles. The Morgan fingerprint density at radius 2 is 2.00 bits per heavy atom. The minimum Gasteiger partial charge on any atom is -0.466 e. The first-order chi connectivity index (χ1) is 11.2. The summed E-state index contributed by atoms with van der Waals surface area (Å²) in [4.78, 5) is 12.5. The van der Waals surface area contributed by atoms with Crippen molar-refractivity contribution in [1.82, 2.24) is 0 Å². The van der Waals surface area contributed by atoms with E-state index in [0.29, 0.717) is 18.1 Å². The lowest BCUT2D eigenvalue weighted by atomic mass is 9.90. The van der Waals surface area contributed by atoms with Gasteiger partial charge in [0.1, 0.15) is 0 Å². The van der Waals surface area contributed by atoms with Gasteiger partial charge in [0.05, 0.1) is 12.5 Å². The number of carbonyl (C=O) groups is 1. The monoisotopic (exact) mass is 329 g/mol. The van der Waals surface area contributed by atoms with Crippen LogP contribution in [-0.4, -0.2) is 18.6 Å². The maximum atomic E-state index is 12.5. The summed E-state index contributed by atoms with van der Waals surface area (Å²) in [5.41, 5.74) is 3.45. The minimum atomic E-state index is -0.219. The van der Waals surface area contributed by atoms with Gasteiger partial charge in [0, 0.05) is 16.8 Å². The van der Waals surface area contributed by atoms with Gasteiger partial charge in [0.2, 0.25) is 0 Å². The van der Waals surface area contributed by atoms with Crippen LogP contribution in [0.15, 0.2) is 48.5 Å². The van der Waals surface area contributed by atoms with Crippen molar-refractivity contribution in [3.8, 4) is 0 Å². The van der Waals surface area contributed by atoms with Crippen molar-refractivity contribution in [3.63, 3.8) is 0 Å². The zero-order valence-electron chi connectivity index (χ0n) is 13.1. The Balaban J connectivity index is 1.79. The van der Waals surface area contributed by atoms with Gasteiger partial charge in [0.25, 0.3) is 0 Å². The van der Waals surface area contributed by atoms with Crippen LogP contribution in [0.2, 0.25) is 5.02 Å². The van der Waals surface area contributed by atoms with Crippen molar-refractivity contribution < 1.29 is 9.53 Å². The van der Waals surface area contributed by atoms with E-state index in [1.807, 2.05) is 43.3 Å². The molecular weight excluding hydrogens is 310 g/mol. The number of para-hydroxylation sites is 1. The molecule has 4 heteroatoms. The Kier molecular flexibility index (Phi) is 4.87. The van der Waals surface area contributed by atoms with E-state index in [9.17, 15) is 4.79 Å². The summed E-state index contributed by atoms with van der Waals surface area (Å²) in [6.07, 6.45) is 1.48. The van der Waals surface area contributed by atoms with E-state index in [0.717, 1.165) is 17.7 Å². The smallest absolute Gasteiger partial charge is 0.311 e. The van der Waals surface area contributed by atoms with E-state index in [2.05, 4.69) is 17.4 Å². The van der Waals surface area contributed by atoms with Crippen LogP contribution >= 0.6 is 11.6 Å². The van der Waals surface area contributed by atoms with Crippen LogP contribution < -0.4 is 5.32 Å². The van der Waals surface area contributed by atoms with Crippen molar-refractivity contribution >= 4 is 23.3 Å². The molecular formula is C19H20ClNO2. The molecule has 3 rings (SSSR count). The maximum Gasteiger partial charge on any atom is 0.311 e. The fourth-order valence-corrected chi connectivity index (χ4v) is 3.21. The van der Waals surface area contributed by atoms with Gasteiger partial charge in [-0.15, -0.1) is 0 Å². The first-order valence-electron chi connectivity index (χ1n) is 7.93. The number of fused-ring (bicyclic) bond motifs is 1. The largest absolute Gasteiger partial charge is 0.466 e. The first kappa shape index (κ1) is 15.9. The molecule has 0 saturated carbocycles. The van der Waals surface area contributed by atoms with E-state index < -0.39 is 0 Å². The standard InChI is InChI=1S/C19H20ClNO2/c1-2-23-19(22)16(11-13-7-9-15(20)10-8-13)18-12-14-5-3-4-6-17(14)21-18/h3-10,16,18,21H,2,11-12H2,1H3. The van der Waals surface area contributed by atoms with Crippen molar-refractivity contribution in [2.75, 3.05) is 11.9 Å². The number of hydrogen-bond donors (Lipinski definition) is 1. The number of anilines is 1. The number of rotatable bonds is 5. The van der Waals surface area contributed by atoms with E-state index in [-0.39, 0.29) is 17.9 Å². The second-order valence-corrected chi connectivity index (χ2v) is 6.24. The molecule has 0 aliphatic carbocycles. The van der Waals surface area contributed by atoms with Crippen LogP contribution in [0, 0.1) is 5.92 Å². The van der Waals surface area contributed by atoms with Crippen LogP contribution in [0.25, 0.3) is 0 Å². The highest BCUT2D eigenvalue weighted by Gasteiger charge is 2.33. The van der Waals surface area contributed by atoms with E-state index in [1.165, 1.54) is 5.56 Å². The lowest BCUT2D eigenvalue weighted by molar-refractivity contribution is -0.148.